The van der Waals surface area contributed by atoms with Crippen molar-refractivity contribution in [1.82, 2.24) is 10.3 Å². The van der Waals surface area contributed by atoms with Crippen LogP contribution in [-0.4, -0.2) is 25.0 Å². The molecule has 0 aliphatic rings. The molecule has 0 aliphatic carbocycles. The Morgan fingerprint density at radius 1 is 1.06 bits per heavy atom. The number of carbonyl (C=O) groups is 1. The van der Waals surface area contributed by atoms with Crippen LogP contribution in [0.25, 0.3) is 10.8 Å². The molecule has 1 amide bonds. The van der Waals surface area contributed by atoms with Crippen LogP contribution in [0.1, 0.15) is 21.6 Å². The van der Waals surface area contributed by atoms with E-state index in [0.29, 0.717) is 23.6 Å². The first kappa shape index (κ1) is 23.6. The van der Waals surface area contributed by atoms with E-state index >= 15 is 0 Å². The Balaban J connectivity index is 1.49. The van der Waals surface area contributed by atoms with Gasteiger partial charge in [0.25, 0.3) is 11.6 Å². The lowest BCUT2D eigenvalue weighted by atomic mass is 10.1. The molecule has 0 spiro atoms. The van der Waals surface area contributed by atoms with Crippen molar-refractivity contribution in [2.24, 2.45) is 0 Å². The number of alkyl halides is 2. The standard InChI is InChI=1S/C26H24F2N3O2P/c1-31(2)21-12-13-29-20(15-21)16-30-25(32)18-6-11-23-17(14-18)4-3-5-24(23)33-22-9-7-19(8-10-22)26(27,28)34/h3-15H,16,34H2,1-2H3,(H,30,32). The van der Waals surface area contributed by atoms with Crippen LogP contribution < -0.4 is 15.0 Å². The van der Waals surface area contributed by atoms with Gasteiger partial charge in [-0.1, -0.05) is 21.4 Å². The van der Waals surface area contributed by atoms with Gasteiger partial charge in [-0.2, -0.15) is 8.78 Å². The molecule has 5 nitrogen and oxygen atoms in total. The van der Waals surface area contributed by atoms with E-state index in [2.05, 4.69) is 10.3 Å². The largest absolute Gasteiger partial charge is 0.457 e. The van der Waals surface area contributed by atoms with E-state index in [-0.39, 0.29) is 11.5 Å². The van der Waals surface area contributed by atoms with Crippen LogP contribution in [-0.2, 0) is 12.2 Å². The first-order valence-corrected chi connectivity index (χ1v) is 11.2. The molecule has 0 saturated carbocycles. The van der Waals surface area contributed by atoms with Gasteiger partial charge >= 0.3 is 0 Å². The van der Waals surface area contributed by atoms with Crippen LogP contribution in [0.15, 0.2) is 79.0 Å². The van der Waals surface area contributed by atoms with E-state index in [1.807, 2.05) is 49.3 Å². The van der Waals surface area contributed by atoms with Crippen LogP contribution in [0.2, 0.25) is 0 Å². The molecule has 0 bridgehead atoms. The first-order chi connectivity index (χ1) is 16.2. The monoisotopic (exact) mass is 479 g/mol. The number of nitrogens with one attached hydrogen (secondary N) is 1. The lowest BCUT2D eigenvalue weighted by Gasteiger charge is -2.14. The van der Waals surface area contributed by atoms with Crippen molar-refractivity contribution in [3.05, 3.63) is 95.8 Å². The summed E-state index contributed by atoms with van der Waals surface area (Å²) in [4.78, 5) is 19.0. The number of anilines is 1. The van der Waals surface area contributed by atoms with Crippen molar-refractivity contribution in [1.29, 1.82) is 0 Å². The highest BCUT2D eigenvalue weighted by Gasteiger charge is 2.24. The van der Waals surface area contributed by atoms with Crippen molar-refractivity contribution in [2.75, 3.05) is 19.0 Å². The number of hydrogen-bond acceptors (Lipinski definition) is 4. The molecule has 1 atom stereocenters. The number of halogens is 2. The third kappa shape index (κ3) is 5.49. The fourth-order valence-electron chi connectivity index (χ4n) is 3.47. The maximum atomic E-state index is 13.4. The molecule has 1 unspecified atom stereocenters. The molecule has 1 N–H and O–H groups in total. The molecule has 0 aliphatic heterocycles. The number of amides is 1. The highest BCUT2D eigenvalue weighted by molar-refractivity contribution is 7.17. The van der Waals surface area contributed by atoms with Gasteiger partial charge in [0.05, 0.1) is 12.2 Å². The molecule has 4 aromatic rings. The van der Waals surface area contributed by atoms with Crippen molar-refractivity contribution >= 4 is 31.6 Å². The Labute approximate surface area is 199 Å². The lowest BCUT2D eigenvalue weighted by molar-refractivity contribution is 0.0950. The maximum absolute atomic E-state index is 13.4. The van der Waals surface area contributed by atoms with E-state index < -0.39 is 5.66 Å². The number of pyridine rings is 1. The summed E-state index contributed by atoms with van der Waals surface area (Å²) < 4.78 is 32.8. The van der Waals surface area contributed by atoms with E-state index in [0.717, 1.165) is 22.2 Å². The molecule has 174 valence electrons. The number of ether oxygens (including phenoxy) is 1. The zero-order valence-corrected chi connectivity index (χ0v) is 19.9. The average molecular weight is 479 g/mol. The van der Waals surface area contributed by atoms with E-state index in [1.165, 1.54) is 33.5 Å². The Hall–Kier alpha value is -3.57. The molecular weight excluding hydrogens is 455 g/mol. The molecular formula is C26H24F2N3O2P. The minimum atomic E-state index is -2.99. The van der Waals surface area contributed by atoms with Gasteiger partial charge in [0.2, 0.25) is 0 Å². The van der Waals surface area contributed by atoms with Crippen molar-refractivity contribution in [2.45, 2.75) is 12.2 Å². The van der Waals surface area contributed by atoms with Crippen LogP contribution in [0.5, 0.6) is 11.5 Å². The average Bonchev–Trinajstić information content (AvgIpc) is 2.82. The summed E-state index contributed by atoms with van der Waals surface area (Å²) in [5.41, 5.74) is -0.807. The molecule has 34 heavy (non-hydrogen) atoms. The molecule has 3 aromatic carbocycles. The number of carbonyl (C=O) groups excluding carboxylic acids is 1. The maximum Gasteiger partial charge on any atom is 0.283 e. The third-order valence-corrected chi connectivity index (χ3v) is 5.65. The SMILES string of the molecule is CN(C)c1ccnc(CNC(=O)c2ccc3c(Oc4ccc(C(F)(F)P)cc4)cccc3c2)c1. The Bertz CT molecular complexity index is 1320. The van der Waals surface area contributed by atoms with Crippen molar-refractivity contribution < 1.29 is 18.3 Å². The van der Waals surface area contributed by atoms with Gasteiger partial charge in [-0.25, -0.2) is 0 Å². The highest BCUT2D eigenvalue weighted by Crippen LogP contribution is 2.36. The number of rotatable bonds is 7. The van der Waals surface area contributed by atoms with Crippen LogP contribution >= 0.6 is 9.24 Å². The second-order valence-electron chi connectivity index (χ2n) is 8.02. The molecule has 0 saturated heterocycles. The Kier molecular flexibility index (Phi) is 6.75. The zero-order chi connectivity index (χ0) is 24.3. The van der Waals surface area contributed by atoms with E-state index in [4.69, 9.17) is 4.74 Å². The van der Waals surface area contributed by atoms with E-state index in [9.17, 15) is 13.6 Å². The summed E-state index contributed by atoms with van der Waals surface area (Å²) in [5.74, 6) is 0.804. The molecule has 0 radical (unpaired) electrons. The Morgan fingerprint density at radius 3 is 2.53 bits per heavy atom. The summed E-state index contributed by atoms with van der Waals surface area (Å²) in [6.07, 6.45) is 1.72. The predicted octanol–water partition coefficient (Wildman–Crippen LogP) is 5.95. The van der Waals surface area contributed by atoms with Gasteiger partial charge < -0.3 is 15.0 Å². The number of benzene rings is 3. The Morgan fingerprint density at radius 2 is 1.82 bits per heavy atom. The van der Waals surface area contributed by atoms with Crippen molar-refractivity contribution in [3.8, 4) is 11.5 Å². The normalized spacial score (nSPS) is 11.3. The number of nitrogens with zero attached hydrogens (tertiary/aromatic N) is 2. The summed E-state index contributed by atoms with van der Waals surface area (Å²) in [6, 6.07) is 20.3. The summed E-state index contributed by atoms with van der Waals surface area (Å²) >= 11 is 0. The van der Waals surface area contributed by atoms with E-state index in [1.54, 1.807) is 24.4 Å². The minimum absolute atomic E-state index is 0.109. The fourth-order valence-corrected chi connectivity index (χ4v) is 3.66. The third-order valence-electron chi connectivity index (χ3n) is 5.32. The number of fused-ring (bicyclic) bond motifs is 1. The van der Waals surface area contributed by atoms with Gasteiger partial charge in [0, 0.05) is 42.5 Å². The summed E-state index contributed by atoms with van der Waals surface area (Å²) in [6.45, 7) is 0.313. The highest BCUT2D eigenvalue weighted by atomic mass is 31.0. The van der Waals surface area contributed by atoms with Gasteiger partial charge in [0.1, 0.15) is 11.5 Å². The second-order valence-corrected chi connectivity index (χ2v) is 8.75. The van der Waals surface area contributed by atoms with Crippen LogP contribution in [0, 0.1) is 0 Å². The van der Waals surface area contributed by atoms with Crippen LogP contribution in [0.3, 0.4) is 0 Å². The molecule has 1 heterocycles. The zero-order valence-electron chi connectivity index (χ0n) is 18.8. The minimum Gasteiger partial charge on any atom is -0.457 e. The first-order valence-electron chi connectivity index (χ1n) is 10.6. The number of aromatic nitrogens is 1. The van der Waals surface area contributed by atoms with Gasteiger partial charge in [-0.05, 0) is 66.0 Å². The molecule has 1 aromatic heterocycles. The number of hydrogen-bond donors (Lipinski definition) is 1. The molecule has 8 heteroatoms. The van der Waals surface area contributed by atoms with Crippen LogP contribution in [0.4, 0.5) is 14.5 Å². The quantitative estimate of drug-likeness (QED) is 0.333. The van der Waals surface area contributed by atoms with Gasteiger partial charge in [-0.15, -0.1) is 0 Å². The summed E-state index contributed by atoms with van der Waals surface area (Å²) in [5, 5.41) is 4.53. The van der Waals surface area contributed by atoms with Gasteiger partial charge in [-0.3, -0.25) is 9.78 Å². The molecule has 0 fully saturated rings. The topological polar surface area (TPSA) is 54.5 Å². The fraction of sp³-hybridized carbons (Fsp3) is 0.154. The lowest BCUT2D eigenvalue weighted by Crippen LogP contribution is -2.23. The molecule has 4 rings (SSSR count). The van der Waals surface area contributed by atoms with Crippen molar-refractivity contribution in [3.63, 3.8) is 0 Å². The smallest absolute Gasteiger partial charge is 0.283 e. The van der Waals surface area contributed by atoms with Gasteiger partial charge in [0.15, 0.2) is 0 Å². The second kappa shape index (κ2) is 9.74. The summed E-state index contributed by atoms with van der Waals surface area (Å²) in [7, 11) is 5.42. The predicted molar refractivity (Wildman–Crippen MR) is 134 cm³/mol.